The summed E-state index contributed by atoms with van der Waals surface area (Å²) in [5.41, 5.74) is 3.17. The first-order valence-electron chi connectivity index (χ1n) is 11.0. The van der Waals surface area contributed by atoms with Gasteiger partial charge in [-0.25, -0.2) is 9.38 Å². The van der Waals surface area contributed by atoms with Crippen LogP contribution in [-0.4, -0.2) is 33.8 Å². The number of hydrogen-bond donors (Lipinski definition) is 1. The van der Waals surface area contributed by atoms with E-state index in [0.29, 0.717) is 21.8 Å². The number of hydrogen-bond acceptors (Lipinski definition) is 5. The largest absolute Gasteiger partial charge is 0.352 e. The number of benzene rings is 3. The molecule has 2 aliphatic heterocycles. The zero-order valence-electron chi connectivity index (χ0n) is 18.4. The molecule has 3 aromatic carbocycles. The number of nitrogens with one attached hydrogen (secondary N) is 1. The number of amidine groups is 2. The highest BCUT2D eigenvalue weighted by molar-refractivity contribution is 8.13. The molecule has 0 saturated heterocycles. The Morgan fingerprint density at radius 2 is 1.77 bits per heavy atom. The Kier molecular flexibility index (Phi) is 6.66. The predicted octanol–water partition coefficient (Wildman–Crippen LogP) is 5.08. The standard InChI is InChI=1S/C26H20ClFN4O2S/c27-20-7-3-1-5-17(20)15-35-26-30-21-8-4-2-6-19(21)24-31-25(34)22(32(24)26)13-23(33)29-14-16-9-11-18(28)12-10-16/h1-12,22H,13-15H2,(H,29,33). The van der Waals surface area contributed by atoms with E-state index in [-0.39, 0.29) is 30.6 Å². The topological polar surface area (TPSA) is 74.1 Å². The highest BCUT2D eigenvalue weighted by atomic mass is 35.5. The van der Waals surface area contributed by atoms with Crippen molar-refractivity contribution in [1.29, 1.82) is 0 Å². The van der Waals surface area contributed by atoms with E-state index in [9.17, 15) is 14.0 Å². The molecular weight excluding hydrogens is 487 g/mol. The molecule has 0 saturated carbocycles. The summed E-state index contributed by atoms with van der Waals surface area (Å²) in [6.07, 6.45) is -0.0825. The average Bonchev–Trinajstić information content (AvgIpc) is 3.19. The molecule has 0 bridgehead atoms. The summed E-state index contributed by atoms with van der Waals surface area (Å²) in [4.78, 5) is 36.5. The van der Waals surface area contributed by atoms with Crippen LogP contribution < -0.4 is 5.32 Å². The lowest BCUT2D eigenvalue weighted by Gasteiger charge is -2.31. The lowest BCUT2D eigenvalue weighted by Crippen LogP contribution is -2.45. The molecule has 0 aromatic heterocycles. The van der Waals surface area contributed by atoms with Crippen LogP contribution in [0.25, 0.3) is 0 Å². The fourth-order valence-corrected chi connectivity index (χ4v) is 5.24. The molecule has 0 spiro atoms. The number of amides is 2. The van der Waals surface area contributed by atoms with Gasteiger partial charge in [-0.1, -0.05) is 65.8 Å². The summed E-state index contributed by atoms with van der Waals surface area (Å²) in [6.45, 7) is 0.235. The third-order valence-corrected chi connectivity index (χ3v) is 7.07. The van der Waals surface area contributed by atoms with Gasteiger partial charge in [-0.15, -0.1) is 0 Å². The Labute approximate surface area is 210 Å². The van der Waals surface area contributed by atoms with Crippen LogP contribution >= 0.6 is 23.4 Å². The van der Waals surface area contributed by atoms with Gasteiger partial charge in [-0.05, 0) is 41.5 Å². The monoisotopic (exact) mass is 506 g/mol. The molecular formula is C26H20ClFN4O2S. The molecule has 2 amide bonds. The highest BCUT2D eigenvalue weighted by Gasteiger charge is 2.42. The van der Waals surface area contributed by atoms with Crippen molar-refractivity contribution in [3.05, 3.63) is 100 Å². The number of fused-ring (bicyclic) bond motifs is 3. The van der Waals surface area contributed by atoms with E-state index < -0.39 is 6.04 Å². The number of carbonyl (C=O) groups excluding carboxylic acids is 2. The predicted molar refractivity (Wildman–Crippen MR) is 136 cm³/mol. The zero-order chi connectivity index (χ0) is 24.4. The molecule has 3 aromatic rings. The Morgan fingerprint density at radius 1 is 1.03 bits per heavy atom. The summed E-state index contributed by atoms with van der Waals surface area (Å²) in [7, 11) is 0. The first kappa shape index (κ1) is 23.3. The van der Waals surface area contributed by atoms with Crippen molar-refractivity contribution in [1.82, 2.24) is 10.2 Å². The van der Waals surface area contributed by atoms with E-state index in [4.69, 9.17) is 16.6 Å². The molecule has 0 fully saturated rings. The van der Waals surface area contributed by atoms with Gasteiger partial charge >= 0.3 is 0 Å². The van der Waals surface area contributed by atoms with Gasteiger partial charge in [0.25, 0.3) is 5.91 Å². The first-order chi connectivity index (χ1) is 17.0. The quantitative estimate of drug-likeness (QED) is 0.506. The van der Waals surface area contributed by atoms with Crippen molar-refractivity contribution < 1.29 is 14.0 Å². The van der Waals surface area contributed by atoms with E-state index in [0.717, 1.165) is 22.4 Å². The molecule has 35 heavy (non-hydrogen) atoms. The Hall–Kier alpha value is -3.49. The molecule has 2 aliphatic rings. The third-order valence-electron chi connectivity index (χ3n) is 5.70. The van der Waals surface area contributed by atoms with E-state index in [2.05, 4.69) is 10.3 Å². The summed E-state index contributed by atoms with van der Waals surface area (Å²) < 4.78 is 13.1. The fraction of sp³-hybridized carbons (Fsp3) is 0.154. The minimum Gasteiger partial charge on any atom is -0.352 e. The second kappa shape index (κ2) is 10.0. The first-order valence-corrected chi connectivity index (χ1v) is 12.3. The SMILES string of the molecule is O=C(CC1C(=O)N=C2c3ccccc3N=C(SCc3ccccc3Cl)N21)NCc1ccc(F)cc1. The average molecular weight is 507 g/mol. The molecule has 9 heteroatoms. The maximum absolute atomic E-state index is 13.1. The minimum atomic E-state index is -0.802. The van der Waals surface area contributed by atoms with E-state index >= 15 is 0 Å². The molecule has 1 N–H and O–H groups in total. The number of aliphatic imine (C=N–C) groups is 2. The van der Waals surface area contributed by atoms with Crippen LogP contribution in [0.2, 0.25) is 5.02 Å². The number of para-hydroxylation sites is 1. The van der Waals surface area contributed by atoms with Crippen LogP contribution in [0.1, 0.15) is 23.1 Å². The zero-order valence-corrected chi connectivity index (χ0v) is 20.0. The van der Waals surface area contributed by atoms with Crippen molar-refractivity contribution >= 4 is 51.9 Å². The maximum atomic E-state index is 13.1. The smallest absolute Gasteiger partial charge is 0.271 e. The minimum absolute atomic E-state index is 0.0825. The summed E-state index contributed by atoms with van der Waals surface area (Å²) in [6, 6.07) is 20.1. The van der Waals surface area contributed by atoms with Crippen molar-refractivity contribution in [3.63, 3.8) is 0 Å². The van der Waals surface area contributed by atoms with Gasteiger partial charge in [0.05, 0.1) is 12.1 Å². The number of halogens is 2. The second-order valence-electron chi connectivity index (χ2n) is 8.06. The fourth-order valence-electron chi connectivity index (χ4n) is 3.91. The summed E-state index contributed by atoms with van der Waals surface area (Å²) in [5, 5.41) is 4.05. The molecule has 176 valence electrons. The molecule has 6 nitrogen and oxygen atoms in total. The molecule has 5 rings (SSSR count). The van der Waals surface area contributed by atoms with Crippen molar-refractivity contribution in [2.24, 2.45) is 9.98 Å². The van der Waals surface area contributed by atoms with Gasteiger partial charge in [-0.2, -0.15) is 4.99 Å². The molecule has 2 heterocycles. The van der Waals surface area contributed by atoms with Gasteiger partial charge in [0, 0.05) is 22.9 Å². The number of thioether (sulfide) groups is 1. The van der Waals surface area contributed by atoms with Crippen LogP contribution in [-0.2, 0) is 21.9 Å². The molecule has 0 radical (unpaired) electrons. The maximum Gasteiger partial charge on any atom is 0.271 e. The Bertz CT molecular complexity index is 1360. The van der Waals surface area contributed by atoms with E-state index in [1.165, 1.54) is 23.9 Å². The number of carbonyl (C=O) groups is 2. The Balaban J connectivity index is 1.36. The van der Waals surface area contributed by atoms with Gasteiger partial charge in [0.1, 0.15) is 17.7 Å². The lowest BCUT2D eigenvalue weighted by molar-refractivity contribution is -0.126. The van der Waals surface area contributed by atoms with Crippen LogP contribution in [0.4, 0.5) is 10.1 Å². The summed E-state index contributed by atoms with van der Waals surface area (Å²) in [5.74, 6) is 0.00628. The highest BCUT2D eigenvalue weighted by Crippen LogP contribution is 2.36. The molecule has 1 unspecified atom stereocenters. The Morgan fingerprint density at radius 3 is 2.57 bits per heavy atom. The van der Waals surface area contributed by atoms with E-state index in [1.807, 2.05) is 48.5 Å². The molecule has 0 aliphatic carbocycles. The second-order valence-corrected chi connectivity index (χ2v) is 9.41. The van der Waals surface area contributed by atoms with Gasteiger partial charge < -0.3 is 5.32 Å². The van der Waals surface area contributed by atoms with Gasteiger partial charge in [-0.3, -0.25) is 14.5 Å². The number of nitrogens with zero attached hydrogens (tertiary/aromatic N) is 3. The van der Waals surface area contributed by atoms with Crippen LogP contribution in [0, 0.1) is 5.82 Å². The third kappa shape index (κ3) is 4.99. The van der Waals surface area contributed by atoms with E-state index in [1.54, 1.807) is 17.0 Å². The van der Waals surface area contributed by atoms with Crippen LogP contribution in [0.3, 0.4) is 0 Å². The van der Waals surface area contributed by atoms with Crippen molar-refractivity contribution in [3.8, 4) is 0 Å². The molecule has 1 atom stereocenters. The van der Waals surface area contributed by atoms with Crippen molar-refractivity contribution in [2.75, 3.05) is 0 Å². The summed E-state index contributed by atoms with van der Waals surface area (Å²) >= 11 is 7.77. The van der Waals surface area contributed by atoms with Crippen LogP contribution in [0.15, 0.2) is 82.8 Å². The van der Waals surface area contributed by atoms with Crippen LogP contribution in [0.5, 0.6) is 0 Å². The normalized spacial score (nSPS) is 16.3. The van der Waals surface area contributed by atoms with Gasteiger partial charge in [0.2, 0.25) is 5.91 Å². The lowest BCUT2D eigenvalue weighted by atomic mass is 10.1. The number of rotatable bonds is 6. The van der Waals surface area contributed by atoms with Gasteiger partial charge in [0.15, 0.2) is 5.17 Å². The van der Waals surface area contributed by atoms with Crippen molar-refractivity contribution in [2.45, 2.75) is 24.8 Å².